The number of pyridine rings is 1. The number of methoxy groups -OCH3 is 1. The number of hydrogen-bond donors (Lipinski definition) is 1. The Morgan fingerprint density at radius 1 is 1.12 bits per heavy atom. The van der Waals surface area contributed by atoms with E-state index in [4.69, 9.17) is 14.2 Å². The van der Waals surface area contributed by atoms with Gasteiger partial charge >= 0.3 is 0 Å². The molecule has 0 unspecified atom stereocenters. The molecule has 0 radical (unpaired) electrons. The van der Waals surface area contributed by atoms with Gasteiger partial charge in [-0.05, 0) is 37.3 Å². The molecule has 0 saturated carbocycles. The maximum absolute atomic E-state index is 12.7. The summed E-state index contributed by atoms with van der Waals surface area (Å²) >= 11 is 0. The van der Waals surface area contributed by atoms with Crippen LogP contribution < -0.4 is 19.5 Å². The largest absolute Gasteiger partial charge is 0.497 e. The summed E-state index contributed by atoms with van der Waals surface area (Å²) in [5.41, 5.74) is 2.61. The number of hydrogen-bond acceptors (Lipinski definition) is 5. The fourth-order valence-corrected chi connectivity index (χ4v) is 2.77. The molecular weight excluding hydrogens is 320 g/mol. The number of fused-ring (bicyclic) bond motifs is 2. The number of aryl methyl sites for hydroxylation is 1. The Kier molecular flexibility index (Phi) is 3.65. The van der Waals surface area contributed by atoms with Gasteiger partial charge in [0.15, 0.2) is 11.5 Å². The molecule has 2 aromatic carbocycles. The maximum Gasteiger partial charge on any atom is 0.257 e. The van der Waals surface area contributed by atoms with E-state index in [0.29, 0.717) is 28.4 Å². The molecule has 0 aliphatic carbocycles. The summed E-state index contributed by atoms with van der Waals surface area (Å²) in [6, 6.07) is 12.7. The third-order valence-corrected chi connectivity index (χ3v) is 4.09. The van der Waals surface area contributed by atoms with Crippen molar-refractivity contribution in [2.45, 2.75) is 6.92 Å². The van der Waals surface area contributed by atoms with Gasteiger partial charge in [0.2, 0.25) is 6.79 Å². The van der Waals surface area contributed by atoms with E-state index in [1.54, 1.807) is 25.3 Å². The lowest BCUT2D eigenvalue weighted by atomic mass is 10.1. The lowest BCUT2D eigenvalue weighted by molar-refractivity contribution is 0.102. The number of nitrogens with one attached hydrogen (secondary N) is 1. The van der Waals surface area contributed by atoms with E-state index in [1.165, 1.54) is 0 Å². The summed E-state index contributed by atoms with van der Waals surface area (Å²) in [6.07, 6.45) is 0. The zero-order valence-electron chi connectivity index (χ0n) is 13.8. The lowest BCUT2D eigenvalue weighted by Crippen LogP contribution is -2.14. The van der Waals surface area contributed by atoms with Gasteiger partial charge in [0, 0.05) is 23.2 Å². The highest BCUT2D eigenvalue weighted by Gasteiger charge is 2.16. The molecule has 1 amide bonds. The SMILES string of the molecule is COc1ccc2cc(C(=O)Nc3ccc4c(c3)OCO4)c(C)nc2c1. The first-order chi connectivity index (χ1) is 12.1. The standard InChI is InChI=1S/C19H16N2O4/c1-11-15(7-12-3-5-14(23-2)9-16(12)20-11)19(22)21-13-4-6-17-18(8-13)25-10-24-17/h3-9H,10H2,1-2H3,(H,21,22). The highest BCUT2D eigenvalue weighted by atomic mass is 16.7. The van der Waals surface area contributed by atoms with Crippen LogP contribution in [0.2, 0.25) is 0 Å². The van der Waals surface area contributed by atoms with Crippen LogP contribution in [0.5, 0.6) is 17.2 Å². The van der Waals surface area contributed by atoms with E-state index in [9.17, 15) is 4.79 Å². The fourth-order valence-electron chi connectivity index (χ4n) is 2.77. The average Bonchev–Trinajstić information content (AvgIpc) is 3.08. The number of benzene rings is 2. The Hall–Kier alpha value is -3.28. The monoisotopic (exact) mass is 336 g/mol. The molecule has 0 fully saturated rings. The van der Waals surface area contributed by atoms with Crippen LogP contribution in [0.15, 0.2) is 42.5 Å². The van der Waals surface area contributed by atoms with E-state index < -0.39 is 0 Å². The predicted molar refractivity (Wildman–Crippen MR) is 93.6 cm³/mol. The van der Waals surface area contributed by atoms with Crippen molar-refractivity contribution in [3.63, 3.8) is 0 Å². The Morgan fingerprint density at radius 2 is 1.96 bits per heavy atom. The van der Waals surface area contributed by atoms with Crippen molar-refractivity contribution in [3.8, 4) is 17.2 Å². The van der Waals surface area contributed by atoms with Crippen molar-refractivity contribution >= 4 is 22.5 Å². The van der Waals surface area contributed by atoms with Gasteiger partial charge in [-0.2, -0.15) is 0 Å². The second-order valence-electron chi connectivity index (χ2n) is 5.70. The minimum atomic E-state index is -0.221. The Balaban J connectivity index is 1.64. The second-order valence-corrected chi connectivity index (χ2v) is 5.70. The van der Waals surface area contributed by atoms with Crippen LogP contribution >= 0.6 is 0 Å². The van der Waals surface area contributed by atoms with Gasteiger partial charge in [0.25, 0.3) is 5.91 Å². The van der Waals surface area contributed by atoms with Gasteiger partial charge < -0.3 is 19.5 Å². The molecule has 1 aromatic heterocycles. The van der Waals surface area contributed by atoms with Gasteiger partial charge in [-0.3, -0.25) is 9.78 Å². The molecule has 0 bridgehead atoms. The first-order valence-corrected chi connectivity index (χ1v) is 7.80. The Bertz CT molecular complexity index is 985. The quantitative estimate of drug-likeness (QED) is 0.792. The van der Waals surface area contributed by atoms with Crippen LogP contribution in [0.4, 0.5) is 5.69 Å². The van der Waals surface area contributed by atoms with Crippen molar-refractivity contribution in [1.82, 2.24) is 4.98 Å². The molecule has 1 N–H and O–H groups in total. The van der Waals surface area contributed by atoms with Crippen LogP contribution in [-0.2, 0) is 0 Å². The molecule has 1 aliphatic rings. The smallest absolute Gasteiger partial charge is 0.257 e. The maximum atomic E-state index is 12.7. The van der Waals surface area contributed by atoms with Crippen LogP contribution in [0.25, 0.3) is 10.9 Å². The van der Waals surface area contributed by atoms with Gasteiger partial charge in [-0.1, -0.05) is 0 Å². The van der Waals surface area contributed by atoms with E-state index in [1.807, 2.05) is 31.2 Å². The molecule has 2 heterocycles. The molecule has 4 rings (SSSR count). The molecule has 3 aromatic rings. The number of aromatic nitrogens is 1. The summed E-state index contributed by atoms with van der Waals surface area (Å²) in [7, 11) is 1.61. The molecule has 6 nitrogen and oxygen atoms in total. The van der Waals surface area contributed by atoms with E-state index in [0.717, 1.165) is 16.7 Å². The Labute approximate surface area is 144 Å². The molecule has 6 heteroatoms. The molecule has 1 aliphatic heterocycles. The fraction of sp³-hybridized carbons (Fsp3) is 0.158. The number of nitrogens with zero attached hydrogens (tertiary/aromatic N) is 1. The van der Waals surface area contributed by atoms with Crippen molar-refractivity contribution in [2.24, 2.45) is 0 Å². The molecular formula is C19H16N2O4. The normalized spacial score (nSPS) is 12.2. The van der Waals surface area contributed by atoms with Gasteiger partial charge in [0.1, 0.15) is 5.75 Å². The van der Waals surface area contributed by atoms with Crippen LogP contribution in [0, 0.1) is 6.92 Å². The van der Waals surface area contributed by atoms with E-state index >= 15 is 0 Å². The summed E-state index contributed by atoms with van der Waals surface area (Å²) in [5.74, 6) is 1.81. The highest BCUT2D eigenvalue weighted by molar-refractivity contribution is 6.07. The molecule has 0 saturated heterocycles. The summed E-state index contributed by atoms with van der Waals surface area (Å²) in [6.45, 7) is 2.01. The van der Waals surface area contributed by atoms with Crippen molar-refractivity contribution in [3.05, 3.63) is 53.7 Å². The van der Waals surface area contributed by atoms with Crippen molar-refractivity contribution in [2.75, 3.05) is 19.2 Å². The number of carbonyl (C=O) groups is 1. The first kappa shape index (κ1) is 15.3. The summed E-state index contributed by atoms with van der Waals surface area (Å²) in [4.78, 5) is 17.2. The highest BCUT2D eigenvalue weighted by Crippen LogP contribution is 2.34. The lowest BCUT2D eigenvalue weighted by Gasteiger charge is -2.10. The number of rotatable bonds is 3. The zero-order chi connectivity index (χ0) is 17.4. The van der Waals surface area contributed by atoms with Crippen LogP contribution in [0.1, 0.15) is 16.1 Å². The molecule has 25 heavy (non-hydrogen) atoms. The number of ether oxygens (including phenoxy) is 3. The molecule has 0 atom stereocenters. The number of anilines is 1. The van der Waals surface area contributed by atoms with Gasteiger partial charge in [-0.15, -0.1) is 0 Å². The van der Waals surface area contributed by atoms with E-state index in [2.05, 4.69) is 10.3 Å². The second kappa shape index (κ2) is 5.98. The average molecular weight is 336 g/mol. The number of carbonyl (C=O) groups excluding carboxylic acids is 1. The summed E-state index contributed by atoms with van der Waals surface area (Å²) < 4.78 is 15.8. The van der Waals surface area contributed by atoms with E-state index in [-0.39, 0.29) is 12.7 Å². The van der Waals surface area contributed by atoms with Gasteiger partial charge in [0.05, 0.1) is 23.9 Å². The van der Waals surface area contributed by atoms with Gasteiger partial charge in [-0.25, -0.2) is 0 Å². The zero-order valence-corrected chi connectivity index (χ0v) is 13.8. The van der Waals surface area contributed by atoms with Crippen LogP contribution in [-0.4, -0.2) is 24.8 Å². The number of amides is 1. The predicted octanol–water partition coefficient (Wildman–Crippen LogP) is 3.53. The summed E-state index contributed by atoms with van der Waals surface area (Å²) in [5, 5.41) is 3.75. The minimum absolute atomic E-state index is 0.198. The molecule has 0 spiro atoms. The van der Waals surface area contributed by atoms with Crippen molar-refractivity contribution in [1.29, 1.82) is 0 Å². The topological polar surface area (TPSA) is 69.7 Å². The molecule has 126 valence electrons. The minimum Gasteiger partial charge on any atom is -0.497 e. The Morgan fingerprint density at radius 3 is 2.80 bits per heavy atom. The first-order valence-electron chi connectivity index (χ1n) is 7.80. The third kappa shape index (κ3) is 2.82. The van der Waals surface area contributed by atoms with Crippen LogP contribution in [0.3, 0.4) is 0 Å². The third-order valence-electron chi connectivity index (χ3n) is 4.09. The van der Waals surface area contributed by atoms with Crippen molar-refractivity contribution < 1.29 is 19.0 Å².